The summed E-state index contributed by atoms with van der Waals surface area (Å²) in [7, 11) is 0. The molecule has 1 aliphatic carbocycles. The molecule has 2 nitrogen and oxygen atoms in total. The lowest BCUT2D eigenvalue weighted by Gasteiger charge is -2.18. The Morgan fingerprint density at radius 3 is 2.45 bits per heavy atom. The average Bonchev–Trinajstić information content (AvgIpc) is 2.85. The summed E-state index contributed by atoms with van der Waals surface area (Å²) < 4.78 is 5.24. The van der Waals surface area contributed by atoms with Crippen LogP contribution in [0.25, 0.3) is 0 Å². The summed E-state index contributed by atoms with van der Waals surface area (Å²) in [6.45, 7) is 0. The molecule has 0 bridgehead atoms. The van der Waals surface area contributed by atoms with Crippen LogP contribution in [-0.2, 0) is 9.53 Å². The van der Waals surface area contributed by atoms with Crippen LogP contribution >= 0.6 is 0 Å². The molecule has 1 saturated heterocycles. The molecular weight excluding hydrogens is 140 g/mol. The number of aldehydes is 1. The highest BCUT2D eigenvalue weighted by Crippen LogP contribution is 2.37. The van der Waals surface area contributed by atoms with Gasteiger partial charge in [0.05, 0.1) is 6.10 Å². The molecule has 11 heavy (non-hydrogen) atoms. The van der Waals surface area contributed by atoms with Crippen molar-refractivity contribution in [3.05, 3.63) is 0 Å². The number of hydrogen-bond donors (Lipinski definition) is 0. The second kappa shape index (κ2) is 2.94. The summed E-state index contributed by atoms with van der Waals surface area (Å²) in [6, 6.07) is 0. The maximum absolute atomic E-state index is 10.3. The fourth-order valence-corrected chi connectivity index (χ4v) is 2.09. The predicted molar refractivity (Wildman–Crippen MR) is 41.3 cm³/mol. The molecular formula is C9H14O2. The van der Waals surface area contributed by atoms with Gasteiger partial charge in [-0.25, -0.2) is 0 Å². The summed E-state index contributed by atoms with van der Waals surface area (Å²) in [6.07, 6.45) is 7.77. The molecule has 0 aromatic heterocycles. The molecule has 2 aliphatic rings. The lowest BCUT2D eigenvalue weighted by Crippen LogP contribution is -2.14. The Kier molecular flexibility index (Phi) is 1.95. The first-order valence-corrected chi connectivity index (χ1v) is 4.52. The molecule has 0 spiro atoms. The highest BCUT2D eigenvalue weighted by molar-refractivity contribution is 5.60. The van der Waals surface area contributed by atoms with E-state index in [4.69, 9.17) is 4.74 Å². The molecule has 0 unspecified atom stereocenters. The second-order valence-corrected chi connectivity index (χ2v) is 3.60. The van der Waals surface area contributed by atoms with Gasteiger partial charge in [0.2, 0.25) is 0 Å². The van der Waals surface area contributed by atoms with Crippen molar-refractivity contribution in [3.63, 3.8) is 0 Å². The van der Waals surface area contributed by atoms with Crippen molar-refractivity contribution in [2.24, 2.45) is 5.92 Å². The van der Waals surface area contributed by atoms with Gasteiger partial charge in [-0.3, -0.25) is 0 Å². The minimum absolute atomic E-state index is 0.0434. The van der Waals surface area contributed by atoms with Crippen LogP contribution in [0, 0.1) is 5.92 Å². The zero-order chi connectivity index (χ0) is 7.68. The summed E-state index contributed by atoms with van der Waals surface area (Å²) in [4.78, 5) is 10.3. The van der Waals surface area contributed by atoms with E-state index in [1.165, 1.54) is 32.1 Å². The van der Waals surface area contributed by atoms with E-state index in [9.17, 15) is 4.79 Å². The number of carbonyl (C=O) groups is 1. The standard InChI is InChI=1S/C9H14O2/c10-6-8-9(11-8)7-4-2-1-3-5-7/h6-9H,1-5H2/t8-,9+/m0/s1. The minimum Gasteiger partial charge on any atom is -0.361 e. The first-order chi connectivity index (χ1) is 5.42. The van der Waals surface area contributed by atoms with Crippen molar-refractivity contribution in [1.82, 2.24) is 0 Å². The van der Waals surface area contributed by atoms with Crippen molar-refractivity contribution in [2.75, 3.05) is 0 Å². The fraction of sp³-hybridized carbons (Fsp3) is 0.889. The first kappa shape index (κ1) is 7.29. The van der Waals surface area contributed by atoms with Gasteiger partial charge in [0.25, 0.3) is 0 Å². The maximum Gasteiger partial charge on any atom is 0.151 e. The van der Waals surface area contributed by atoms with Gasteiger partial charge in [-0.05, 0) is 18.8 Å². The SMILES string of the molecule is O=C[C@@H]1O[C@@H]1C1CCCCC1. The van der Waals surface area contributed by atoms with E-state index >= 15 is 0 Å². The minimum atomic E-state index is -0.0434. The van der Waals surface area contributed by atoms with Crippen molar-refractivity contribution in [3.8, 4) is 0 Å². The summed E-state index contributed by atoms with van der Waals surface area (Å²) in [5.74, 6) is 0.693. The van der Waals surface area contributed by atoms with Crippen LogP contribution in [0.3, 0.4) is 0 Å². The van der Waals surface area contributed by atoms with Gasteiger partial charge in [0, 0.05) is 0 Å². The number of rotatable bonds is 2. The number of carbonyl (C=O) groups excluding carboxylic acids is 1. The van der Waals surface area contributed by atoms with Crippen LogP contribution in [0.15, 0.2) is 0 Å². The second-order valence-electron chi connectivity index (χ2n) is 3.60. The maximum atomic E-state index is 10.3. The van der Waals surface area contributed by atoms with Gasteiger partial charge in [-0.15, -0.1) is 0 Å². The van der Waals surface area contributed by atoms with Crippen molar-refractivity contribution in [2.45, 2.75) is 44.3 Å². The van der Waals surface area contributed by atoms with Crippen molar-refractivity contribution >= 4 is 6.29 Å². The zero-order valence-electron chi connectivity index (χ0n) is 6.66. The van der Waals surface area contributed by atoms with Crippen LogP contribution in [0.1, 0.15) is 32.1 Å². The molecule has 0 aromatic rings. The molecule has 2 atom stereocenters. The summed E-state index contributed by atoms with van der Waals surface area (Å²) >= 11 is 0. The summed E-state index contributed by atoms with van der Waals surface area (Å²) in [5.41, 5.74) is 0. The normalized spacial score (nSPS) is 38.5. The number of epoxide rings is 1. The van der Waals surface area contributed by atoms with E-state index < -0.39 is 0 Å². The molecule has 1 heterocycles. The zero-order valence-corrected chi connectivity index (χ0v) is 6.66. The molecule has 2 heteroatoms. The lowest BCUT2D eigenvalue weighted by molar-refractivity contribution is -0.108. The Morgan fingerprint density at radius 1 is 1.18 bits per heavy atom. The number of hydrogen-bond acceptors (Lipinski definition) is 2. The molecule has 2 rings (SSSR count). The van der Waals surface area contributed by atoms with Gasteiger partial charge in [0.15, 0.2) is 6.29 Å². The molecule has 1 aliphatic heterocycles. The van der Waals surface area contributed by atoms with Crippen LogP contribution in [0.2, 0.25) is 0 Å². The summed E-state index contributed by atoms with van der Waals surface area (Å²) in [5, 5.41) is 0. The molecule has 1 saturated carbocycles. The lowest BCUT2D eigenvalue weighted by atomic mass is 9.86. The molecule has 0 N–H and O–H groups in total. The Bertz CT molecular complexity index is 150. The van der Waals surface area contributed by atoms with E-state index in [1.54, 1.807) is 0 Å². The van der Waals surface area contributed by atoms with Gasteiger partial charge < -0.3 is 9.53 Å². The van der Waals surface area contributed by atoms with E-state index in [0.29, 0.717) is 12.0 Å². The molecule has 62 valence electrons. The van der Waals surface area contributed by atoms with Crippen LogP contribution in [-0.4, -0.2) is 18.5 Å². The third-order valence-corrected chi connectivity index (χ3v) is 2.81. The van der Waals surface area contributed by atoms with Crippen molar-refractivity contribution in [1.29, 1.82) is 0 Å². The Hall–Kier alpha value is -0.370. The van der Waals surface area contributed by atoms with Crippen LogP contribution < -0.4 is 0 Å². The Morgan fingerprint density at radius 2 is 1.91 bits per heavy atom. The third kappa shape index (κ3) is 1.45. The molecule has 2 fully saturated rings. The van der Waals surface area contributed by atoms with Gasteiger partial charge in [0.1, 0.15) is 6.10 Å². The quantitative estimate of drug-likeness (QED) is 0.446. The van der Waals surface area contributed by atoms with E-state index in [2.05, 4.69) is 0 Å². The van der Waals surface area contributed by atoms with Gasteiger partial charge in [-0.2, -0.15) is 0 Å². The highest BCUT2D eigenvalue weighted by Gasteiger charge is 2.44. The van der Waals surface area contributed by atoms with Crippen molar-refractivity contribution < 1.29 is 9.53 Å². The molecule has 0 aromatic carbocycles. The molecule has 0 radical (unpaired) electrons. The smallest absolute Gasteiger partial charge is 0.151 e. The largest absolute Gasteiger partial charge is 0.361 e. The molecule has 0 amide bonds. The monoisotopic (exact) mass is 154 g/mol. The van der Waals surface area contributed by atoms with E-state index in [-0.39, 0.29) is 6.10 Å². The van der Waals surface area contributed by atoms with E-state index in [1.807, 2.05) is 0 Å². The fourth-order valence-electron chi connectivity index (χ4n) is 2.09. The van der Waals surface area contributed by atoms with Crippen LogP contribution in [0.4, 0.5) is 0 Å². The first-order valence-electron chi connectivity index (χ1n) is 4.52. The Balaban J connectivity index is 1.81. The van der Waals surface area contributed by atoms with Gasteiger partial charge in [-0.1, -0.05) is 19.3 Å². The Labute approximate surface area is 66.9 Å². The topological polar surface area (TPSA) is 29.6 Å². The highest BCUT2D eigenvalue weighted by atomic mass is 16.6. The van der Waals surface area contributed by atoms with E-state index in [0.717, 1.165) is 6.29 Å². The average molecular weight is 154 g/mol. The van der Waals surface area contributed by atoms with Gasteiger partial charge >= 0.3 is 0 Å². The van der Waals surface area contributed by atoms with Crippen LogP contribution in [0.5, 0.6) is 0 Å². The predicted octanol–water partition coefficient (Wildman–Crippen LogP) is 1.53. The number of ether oxygens (including phenoxy) is 1. The third-order valence-electron chi connectivity index (χ3n) is 2.81.